The summed E-state index contributed by atoms with van der Waals surface area (Å²) in [5, 5.41) is 0. The van der Waals surface area contributed by atoms with E-state index in [1.165, 1.54) is 6.42 Å². The first-order valence-corrected chi connectivity index (χ1v) is 6.06. The first-order chi connectivity index (χ1) is 7.27. The minimum atomic E-state index is 0.709. The molecular weight excluding hydrogens is 210 g/mol. The van der Waals surface area contributed by atoms with Crippen LogP contribution in [0.1, 0.15) is 19.2 Å². The molecule has 0 atom stereocenters. The van der Waals surface area contributed by atoms with Crippen LogP contribution in [0.3, 0.4) is 0 Å². The van der Waals surface area contributed by atoms with E-state index in [1.807, 2.05) is 19.4 Å². The Morgan fingerprint density at radius 2 is 2.20 bits per heavy atom. The number of aryl methyl sites for hydroxylation is 1. The molecule has 0 amide bonds. The maximum Gasteiger partial charge on any atom is 0.109 e. The van der Waals surface area contributed by atoms with Crippen LogP contribution in [0, 0.1) is 0 Å². The van der Waals surface area contributed by atoms with Gasteiger partial charge in [0.15, 0.2) is 0 Å². The normalized spacial score (nSPS) is 11.2. The van der Waals surface area contributed by atoms with Crippen LogP contribution < -0.4 is 0 Å². The first-order valence-electron chi connectivity index (χ1n) is 5.52. The number of alkyl halides is 1. The van der Waals surface area contributed by atoms with Crippen molar-refractivity contribution < 1.29 is 0 Å². The van der Waals surface area contributed by atoms with Crippen LogP contribution in [-0.2, 0) is 13.5 Å². The van der Waals surface area contributed by atoms with E-state index in [0.29, 0.717) is 5.88 Å². The number of rotatable bonds is 7. The van der Waals surface area contributed by atoms with Crippen molar-refractivity contribution in [2.24, 2.45) is 7.05 Å². The lowest BCUT2D eigenvalue weighted by Gasteiger charge is -2.19. The molecule has 3 nitrogen and oxygen atoms in total. The third kappa shape index (κ3) is 4.22. The number of aromatic nitrogens is 2. The maximum atomic E-state index is 5.76. The van der Waals surface area contributed by atoms with Crippen LogP contribution in [-0.4, -0.2) is 40.0 Å². The highest BCUT2D eigenvalue weighted by Gasteiger charge is 2.05. The van der Waals surface area contributed by atoms with Crippen molar-refractivity contribution in [3.05, 3.63) is 18.2 Å². The predicted octanol–water partition coefficient (Wildman–Crippen LogP) is 1.91. The molecule has 0 saturated carbocycles. The van der Waals surface area contributed by atoms with Crippen LogP contribution in [0.4, 0.5) is 0 Å². The van der Waals surface area contributed by atoms with E-state index in [9.17, 15) is 0 Å². The van der Waals surface area contributed by atoms with Gasteiger partial charge in [0, 0.05) is 44.8 Å². The van der Waals surface area contributed by atoms with Crippen molar-refractivity contribution >= 4 is 11.6 Å². The largest absolute Gasteiger partial charge is 0.338 e. The molecule has 0 fully saturated rings. The topological polar surface area (TPSA) is 21.1 Å². The molecule has 0 saturated heterocycles. The zero-order valence-corrected chi connectivity index (χ0v) is 10.4. The van der Waals surface area contributed by atoms with Crippen LogP contribution in [0.5, 0.6) is 0 Å². The lowest BCUT2D eigenvalue weighted by molar-refractivity contribution is 0.291. The Kier molecular flexibility index (Phi) is 5.73. The summed E-state index contributed by atoms with van der Waals surface area (Å²) >= 11 is 5.76. The highest BCUT2D eigenvalue weighted by atomic mass is 35.5. The fourth-order valence-corrected chi connectivity index (χ4v) is 1.91. The van der Waals surface area contributed by atoms with Crippen LogP contribution in [0.15, 0.2) is 12.4 Å². The van der Waals surface area contributed by atoms with E-state index >= 15 is 0 Å². The second-order valence-electron chi connectivity index (χ2n) is 3.73. The Balaban J connectivity index is 2.36. The predicted molar refractivity (Wildman–Crippen MR) is 64.4 cm³/mol. The molecule has 0 unspecified atom stereocenters. The summed E-state index contributed by atoms with van der Waals surface area (Å²) < 4.78 is 2.07. The third-order valence-corrected chi connectivity index (χ3v) is 2.68. The van der Waals surface area contributed by atoms with Gasteiger partial charge in [-0.2, -0.15) is 0 Å². The summed E-state index contributed by atoms with van der Waals surface area (Å²) in [5.41, 5.74) is 0. The standard InChI is InChI=1S/C11H20ClN3/c1-3-7-15(9-5-12)8-4-11-13-6-10-14(11)2/h6,10H,3-5,7-9H2,1-2H3. The molecule has 1 rings (SSSR count). The van der Waals surface area contributed by atoms with Gasteiger partial charge < -0.3 is 9.47 Å². The SMILES string of the molecule is CCCN(CCCl)CCc1nccn1C. The molecule has 1 aromatic rings. The lowest BCUT2D eigenvalue weighted by atomic mass is 10.3. The summed E-state index contributed by atoms with van der Waals surface area (Å²) in [6, 6.07) is 0. The molecule has 1 aromatic heterocycles. The molecule has 0 aliphatic rings. The van der Waals surface area contributed by atoms with Crippen molar-refractivity contribution in [1.82, 2.24) is 14.5 Å². The van der Waals surface area contributed by atoms with Gasteiger partial charge in [-0.05, 0) is 13.0 Å². The summed E-state index contributed by atoms with van der Waals surface area (Å²) in [6.45, 7) is 5.34. The van der Waals surface area contributed by atoms with Gasteiger partial charge in [-0.15, -0.1) is 11.6 Å². The Morgan fingerprint density at radius 1 is 1.40 bits per heavy atom. The average molecular weight is 230 g/mol. The molecule has 86 valence electrons. The number of hydrogen-bond acceptors (Lipinski definition) is 2. The number of imidazole rings is 1. The van der Waals surface area contributed by atoms with Gasteiger partial charge in [0.05, 0.1) is 0 Å². The molecule has 0 spiro atoms. The van der Waals surface area contributed by atoms with Crippen molar-refractivity contribution in [1.29, 1.82) is 0 Å². The molecule has 0 aliphatic carbocycles. The summed E-state index contributed by atoms with van der Waals surface area (Å²) in [5.74, 6) is 1.85. The molecular formula is C11H20ClN3. The Bertz CT molecular complexity index is 267. The van der Waals surface area contributed by atoms with E-state index < -0.39 is 0 Å². The second-order valence-corrected chi connectivity index (χ2v) is 4.11. The molecule has 0 N–H and O–H groups in total. The Hall–Kier alpha value is -0.540. The van der Waals surface area contributed by atoms with Crippen molar-refractivity contribution in [2.45, 2.75) is 19.8 Å². The molecule has 15 heavy (non-hydrogen) atoms. The quantitative estimate of drug-likeness (QED) is 0.667. The molecule has 0 aromatic carbocycles. The van der Waals surface area contributed by atoms with Crippen LogP contribution in [0.25, 0.3) is 0 Å². The van der Waals surface area contributed by atoms with E-state index in [-0.39, 0.29) is 0 Å². The monoisotopic (exact) mass is 229 g/mol. The summed E-state index contributed by atoms with van der Waals surface area (Å²) in [6.07, 6.45) is 6.01. The molecule has 1 heterocycles. The smallest absolute Gasteiger partial charge is 0.109 e. The van der Waals surface area contributed by atoms with E-state index in [2.05, 4.69) is 21.4 Å². The molecule has 0 bridgehead atoms. The van der Waals surface area contributed by atoms with Gasteiger partial charge in [0.2, 0.25) is 0 Å². The van der Waals surface area contributed by atoms with Gasteiger partial charge in [0.25, 0.3) is 0 Å². The molecule has 4 heteroatoms. The van der Waals surface area contributed by atoms with Gasteiger partial charge in [0.1, 0.15) is 5.82 Å². The summed E-state index contributed by atoms with van der Waals surface area (Å²) in [7, 11) is 2.04. The minimum absolute atomic E-state index is 0.709. The highest BCUT2D eigenvalue weighted by molar-refractivity contribution is 6.18. The van der Waals surface area contributed by atoms with Crippen LogP contribution in [0.2, 0.25) is 0 Å². The van der Waals surface area contributed by atoms with Crippen LogP contribution >= 0.6 is 11.6 Å². The van der Waals surface area contributed by atoms with Gasteiger partial charge in [-0.1, -0.05) is 6.92 Å². The number of hydrogen-bond donors (Lipinski definition) is 0. The third-order valence-electron chi connectivity index (χ3n) is 2.51. The van der Waals surface area contributed by atoms with Gasteiger partial charge in [-0.3, -0.25) is 0 Å². The first kappa shape index (κ1) is 12.5. The fourth-order valence-electron chi connectivity index (χ4n) is 1.67. The number of nitrogens with zero attached hydrogens (tertiary/aromatic N) is 3. The van der Waals surface area contributed by atoms with Crippen molar-refractivity contribution in [3.8, 4) is 0 Å². The highest BCUT2D eigenvalue weighted by Crippen LogP contribution is 1.99. The molecule has 0 aliphatic heterocycles. The maximum absolute atomic E-state index is 5.76. The van der Waals surface area contributed by atoms with Gasteiger partial charge in [-0.25, -0.2) is 4.98 Å². The lowest BCUT2D eigenvalue weighted by Crippen LogP contribution is -2.29. The van der Waals surface area contributed by atoms with Crippen molar-refractivity contribution in [2.75, 3.05) is 25.5 Å². The minimum Gasteiger partial charge on any atom is -0.338 e. The molecule has 0 radical (unpaired) electrons. The van der Waals surface area contributed by atoms with E-state index in [0.717, 1.165) is 31.9 Å². The van der Waals surface area contributed by atoms with Gasteiger partial charge >= 0.3 is 0 Å². The van der Waals surface area contributed by atoms with E-state index in [1.54, 1.807) is 0 Å². The zero-order valence-electron chi connectivity index (χ0n) is 9.62. The average Bonchev–Trinajstić information content (AvgIpc) is 2.61. The fraction of sp³-hybridized carbons (Fsp3) is 0.727. The van der Waals surface area contributed by atoms with Crippen molar-refractivity contribution in [3.63, 3.8) is 0 Å². The summed E-state index contributed by atoms with van der Waals surface area (Å²) in [4.78, 5) is 6.70. The number of halogens is 1. The zero-order chi connectivity index (χ0) is 11.1. The Labute approximate surface area is 97.1 Å². The second kappa shape index (κ2) is 6.85. The van der Waals surface area contributed by atoms with E-state index in [4.69, 9.17) is 11.6 Å². The Morgan fingerprint density at radius 3 is 2.73 bits per heavy atom.